The number of hydrogen-bond donors (Lipinski definition) is 1. The van der Waals surface area contributed by atoms with Crippen LogP contribution >= 0.6 is 11.3 Å². The van der Waals surface area contributed by atoms with Gasteiger partial charge >= 0.3 is 5.97 Å². The van der Waals surface area contributed by atoms with Gasteiger partial charge in [0.05, 0.1) is 5.69 Å². The van der Waals surface area contributed by atoms with E-state index in [0.717, 1.165) is 48.6 Å². The van der Waals surface area contributed by atoms with Crippen LogP contribution in [0.3, 0.4) is 0 Å². The summed E-state index contributed by atoms with van der Waals surface area (Å²) in [6, 6.07) is 0. The fourth-order valence-corrected chi connectivity index (χ4v) is 4.26. The Morgan fingerprint density at radius 2 is 2.05 bits per heavy atom. The topological polar surface area (TPSA) is 53.4 Å². The molecule has 4 nitrogen and oxygen atoms in total. The molecule has 1 aliphatic carbocycles. The van der Waals surface area contributed by atoms with Gasteiger partial charge in [0.2, 0.25) is 0 Å². The number of hydrogen-bond acceptors (Lipinski definition) is 4. The van der Waals surface area contributed by atoms with Crippen molar-refractivity contribution < 1.29 is 9.90 Å². The molecule has 0 aromatic carbocycles. The van der Waals surface area contributed by atoms with Gasteiger partial charge in [-0.05, 0) is 43.9 Å². The normalized spacial score (nSPS) is 23.4. The Morgan fingerprint density at radius 3 is 2.67 bits per heavy atom. The van der Waals surface area contributed by atoms with Crippen LogP contribution < -0.4 is 4.90 Å². The quantitative estimate of drug-likeness (QED) is 0.914. The minimum atomic E-state index is -0.810. The molecule has 0 bridgehead atoms. The highest BCUT2D eigenvalue weighted by Crippen LogP contribution is 2.44. The SMILES string of the molecule is CC(C)C1CCCN(c2nc(C3CC3)c(C(=O)O)s2)CC1. The summed E-state index contributed by atoms with van der Waals surface area (Å²) in [5.74, 6) is 1.11. The van der Waals surface area contributed by atoms with Crippen LogP contribution in [-0.4, -0.2) is 29.1 Å². The van der Waals surface area contributed by atoms with E-state index in [9.17, 15) is 9.90 Å². The second-order valence-electron chi connectivity index (χ2n) is 6.71. The summed E-state index contributed by atoms with van der Waals surface area (Å²) in [5.41, 5.74) is 0.840. The average molecular weight is 308 g/mol. The molecule has 0 spiro atoms. The van der Waals surface area contributed by atoms with Gasteiger partial charge in [0, 0.05) is 19.0 Å². The van der Waals surface area contributed by atoms with Gasteiger partial charge in [-0.1, -0.05) is 25.2 Å². The van der Waals surface area contributed by atoms with Gasteiger partial charge in [-0.2, -0.15) is 0 Å². The molecule has 1 unspecified atom stereocenters. The van der Waals surface area contributed by atoms with E-state index in [0.29, 0.717) is 10.8 Å². The standard InChI is InChI=1S/C16H24N2O2S/c1-10(2)11-4-3-8-18(9-7-11)16-17-13(12-5-6-12)14(21-16)15(19)20/h10-12H,3-9H2,1-2H3,(H,19,20). The van der Waals surface area contributed by atoms with E-state index in [-0.39, 0.29) is 0 Å². The van der Waals surface area contributed by atoms with Crippen LogP contribution in [0, 0.1) is 11.8 Å². The fourth-order valence-electron chi connectivity index (χ4n) is 3.22. The second kappa shape index (κ2) is 5.95. The molecule has 2 aliphatic rings. The number of aromatic nitrogens is 1. The molecular weight excluding hydrogens is 284 g/mol. The summed E-state index contributed by atoms with van der Waals surface area (Å²) in [7, 11) is 0. The van der Waals surface area contributed by atoms with Crippen LogP contribution in [0.1, 0.15) is 67.2 Å². The number of thiazole rings is 1. The van der Waals surface area contributed by atoms with Crippen molar-refractivity contribution in [3.63, 3.8) is 0 Å². The maximum Gasteiger partial charge on any atom is 0.347 e. The summed E-state index contributed by atoms with van der Waals surface area (Å²) in [6.45, 7) is 6.63. The van der Waals surface area contributed by atoms with Crippen molar-refractivity contribution in [2.24, 2.45) is 11.8 Å². The minimum absolute atomic E-state index is 0.400. The fraction of sp³-hybridized carbons (Fsp3) is 0.750. The van der Waals surface area contributed by atoms with Crippen molar-refractivity contribution >= 4 is 22.4 Å². The van der Waals surface area contributed by atoms with E-state index in [4.69, 9.17) is 4.98 Å². The highest BCUT2D eigenvalue weighted by molar-refractivity contribution is 7.17. The zero-order valence-corrected chi connectivity index (χ0v) is 13.7. The highest BCUT2D eigenvalue weighted by Gasteiger charge is 2.33. The Labute approximate surface area is 130 Å². The molecule has 1 atom stereocenters. The van der Waals surface area contributed by atoms with Crippen LogP contribution in [-0.2, 0) is 0 Å². The molecule has 2 fully saturated rings. The first-order chi connectivity index (χ1) is 10.1. The van der Waals surface area contributed by atoms with Crippen molar-refractivity contribution in [2.45, 2.75) is 51.9 Å². The van der Waals surface area contributed by atoms with Crippen molar-refractivity contribution in [1.29, 1.82) is 0 Å². The maximum absolute atomic E-state index is 11.4. The number of carboxylic acids is 1. The van der Waals surface area contributed by atoms with E-state index >= 15 is 0 Å². The van der Waals surface area contributed by atoms with Crippen LogP contribution in [0.2, 0.25) is 0 Å². The van der Waals surface area contributed by atoms with Gasteiger partial charge in [0.25, 0.3) is 0 Å². The van der Waals surface area contributed by atoms with Gasteiger partial charge in [-0.15, -0.1) is 0 Å². The molecule has 1 N–H and O–H groups in total. The summed E-state index contributed by atoms with van der Waals surface area (Å²) >= 11 is 1.38. The molecule has 1 saturated heterocycles. The minimum Gasteiger partial charge on any atom is -0.477 e. The molecule has 3 rings (SSSR count). The number of carboxylic acid groups (broad SMARTS) is 1. The monoisotopic (exact) mass is 308 g/mol. The van der Waals surface area contributed by atoms with E-state index in [1.165, 1.54) is 30.6 Å². The number of rotatable bonds is 4. The van der Waals surface area contributed by atoms with Crippen LogP contribution in [0.5, 0.6) is 0 Å². The predicted molar refractivity (Wildman–Crippen MR) is 85.4 cm³/mol. The Hall–Kier alpha value is -1.10. The lowest BCUT2D eigenvalue weighted by Gasteiger charge is -2.20. The molecule has 2 heterocycles. The van der Waals surface area contributed by atoms with Gasteiger partial charge < -0.3 is 10.0 Å². The number of aromatic carboxylic acids is 1. The van der Waals surface area contributed by atoms with Crippen molar-refractivity contribution in [3.05, 3.63) is 10.6 Å². The summed E-state index contributed by atoms with van der Waals surface area (Å²) in [4.78, 5) is 18.9. The van der Waals surface area contributed by atoms with Crippen LogP contribution in [0.15, 0.2) is 0 Å². The number of nitrogens with zero attached hydrogens (tertiary/aromatic N) is 2. The Morgan fingerprint density at radius 1 is 1.29 bits per heavy atom. The smallest absolute Gasteiger partial charge is 0.347 e. The van der Waals surface area contributed by atoms with Gasteiger partial charge in [-0.25, -0.2) is 9.78 Å². The third kappa shape index (κ3) is 3.23. The third-order valence-electron chi connectivity index (χ3n) is 4.79. The number of carbonyl (C=O) groups is 1. The second-order valence-corrected chi connectivity index (χ2v) is 7.69. The highest BCUT2D eigenvalue weighted by atomic mass is 32.1. The van der Waals surface area contributed by atoms with Crippen LogP contribution in [0.25, 0.3) is 0 Å². The molecule has 1 saturated carbocycles. The largest absolute Gasteiger partial charge is 0.477 e. The first-order valence-corrected chi connectivity index (χ1v) is 8.87. The summed E-state index contributed by atoms with van der Waals surface area (Å²) in [5, 5.41) is 10.3. The van der Waals surface area contributed by atoms with E-state index in [2.05, 4.69) is 18.7 Å². The van der Waals surface area contributed by atoms with E-state index in [1.54, 1.807) is 0 Å². The first kappa shape index (κ1) is 14.8. The average Bonchev–Trinajstić information content (AvgIpc) is 3.22. The Kier molecular flexibility index (Phi) is 4.20. The molecule has 21 heavy (non-hydrogen) atoms. The van der Waals surface area contributed by atoms with Crippen LogP contribution in [0.4, 0.5) is 5.13 Å². The third-order valence-corrected chi connectivity index (χ3v) is 5.91. The Bertz CT molecular complexity index is 522. The number of anilines is 1. The Balaban J connectivity index is 1.77. The molecule has 1 aromatic rings. The maximum atomic E-state index is 11.4. The van der Waals surface area contributed by atoms with E-state index in [1.807, 2.05) is 0 Å². The first-order valence-electron chi connectivity index (χ1n) is 8.05. The summed E-state index contributed by atoms with van der Waals surface area (Å²) in [6.07, 6.45) is 5.85. The molecule has 1 aliphatic heterocycles. The van der Waals surface area contributed by atoms with Crippen molar-refractivity contribution in [2.75, 3.05) is 18.0 Å². The molecule has 1 aromatic heterocycles. The van der Waals surface area contributed by atoms with Gasteiger partial charge in [-0.3, -0.25) is 0 Å². The molecule has 5 heteroatoms. The lowest BCUT2D eigenvalue weighted by molar-refractivity contribution is 0.0700. The van der Waals surface area contributed by atoms with E-state index < -0.39 is 5.97 Å². The predicted octanol–water partition coefficient (Wildman–Crippen LogP) is 3.98. The van der Waals surface area contributed by atoms with Gasteiger partial charge in [0.1, 0.15) is 4.88 Å². The zero-order chi connectivity index (χ0) is 15.0. The molecule has 0 radical (unpaired) electrons. The molecular formula is C16H24N2O2S. The van der Waals surface area contributed by atoms with Crippen molar-refractivity contribution in [1.82, 2.24) is 4.98 Å². The molecule has 0 amide bonds. The van der Waals surface area contributed by atoms with Crippen molar-refractivity contribution in [3.8, 4) is 0 Å². The zero-order valence-electron chi connectivity index (χ0n) is 12.8. The van der Waals surface area contributed by atoms with Gasteiger partial charge in [0.15, 0.2) is 5.13 Å². The summed E-state index contributed by atoms with van der Waals surface area (Å²) < 4.78 is 0. The molecule has 116 valence electrons. The lowest BCUT2D eigenvalue weighted by atomic mass is 9.89. The lowest BCUT2D eigenvalue weighted by Crippen LogP contribution is -2.24.